The number of hydrogen-bond acceptors (Lipinski definition) is 4. The van der Waals surface area contributed by atoms with Crippen molar-refractivity contribution in [2.75, 3.05) is 32.7 Å². The lowest BCUT2D eigenvalue weighted by Crippen LogP contribution is -2.43. The molecule has 1 saturated heterocycles. The van der Waals surface area contributed by atoms with Crippen LogP contribution < -0.4 is 5.32 Å². The Morgan fingerprint density at radius 1 is 1.38 bits per heavy atom. The number of hydrogen-bond donors (Lipinski definition) is 1. The summed E-state index contributed by atoms with van der Waals surface area (Å²) in [5.74, 6) is 1.28. The summed E-state index contributed by atoms with van der Waals surface area (Å²) in [4.78, 5) is 21.5. The number of carbonyl (C=O) groups is 1. The molecule has 0 bridgehead atoms. The molecular formula is C18H31N5O. The molecule has 1 aromatic rings. The van der Waals surface area contributed by atoms with E-state index in [9.17, 15) is 4.79 Å². The lowest BCUT2D eigenvalue weighted by Gasteiger charge is -2.30. The summed E-state index contributed by atoms with van der Waals surface area (Å²) in [5.41, 5.74) is 0.431. The minimum absolute atomic E-state index is 0.241. The van der Waals surface area contributed by atoms with Gasteiger partial charge in [-0.2, -0.15) is 0 Å². The van der Waals surface area contributed by atoms with Gasteiger partial charge in [-0.05, 0) is 51.6 Å². The summed E-state index contributed by atoms with van der Waals surface area (Å²) in [6, 6.07) is 0.524. The zero-order valence-electron chi connectivity index (χ0n) is 15.3. The molecule has 2 fully saturated rings. The Kier molecular flexibility index (Phi) is 5.25. The molecule has 1 N–H and O–H groups in total. The highest BCUT2D eigenvalue weighted by Crippen LogP contribution is 2.55. The van der Waals surface area contributed by atoms with Crippen LogP contribution in [-0.4, -0.2) is 64.0 Å². The number of rotatable bonds is 7. The Bertz CT molecular complexity index is 560. The summed E-state index contributed by atoms with van der Waals surface area (Å²) in [6.07, 6.45) is 7.51. The van der Waals surface area contributed by atoms with Crippen molar-refractivity contribution in [1.29, 1.82) is 0 Å². The molecule has 1 spiro atoms. The van der Waals surface area contributed by atoms with Gasteiger partial charge in [-0.25, -0.2) is 4.98 Å². The molecule has 1 aliphatic heterocycles. The van der Waals surface area contributed by atoms with E-state index in [1.165, 1.54) is 19.3 Å². The molecule has 24 heavy (non-hydrogen) atoms. The first kappa shape index (κ1) is 17.4. The maximum atomic E-state index is 12.7. The van der Waals surface area contributed by atoms with Gasteiger partial charge in [0.25, 0.3) is 0 Å². The van der Waals surface area contributed by atoms with Crippen LogP contribution in [0.25, 0.3) is 0 Å². The largest absolute Gasteiger partial charge is 0.342 e. The van der Waals surface area contributed by atoms with Crippen LogP contribution in [0.5, 0.6) is 0 Å². The first-order chi connectivity index (χ1) is 11.6. The van der Waals surface area contributed by atoms with E-state index in [0.717, 1.165) is 38.5 Å². The Morgan fingerprint density at radius 2 is 2.08 bits per heavy atom. The predicted octanol–water partition coefficient (Wildman–Crippen LogP) is 1.23. The predicted molar refractivity (Wildman–Crippen MR) is 94.5 cm³/mol. The van der Waals surface area contributed by atoms with Crippen LogP contribution in [0.3, 0.4) is 0 Å². The lowest BCUT2D eigenvalue weighted by molar-refractivity contribution is -0.132. The summed E-state index contributed by atoms with van der Waals surface area (Å²) >= 11 is 0. The van der Waals surface area contributed by atoms with Crippen molar-refractivity contribution in [3.8, 4) is 0 Å². The van der Waals surface area contributed by atoms with Gasteiger partial charge in [-0.1, -0.05) is 0 Å². The van der Waals surface area contributed by atoms with E-state index >= 15 is 0 Å². The summed E-state index contributed by atoms with van der Waals surface area (Å²) in [7, 11) is 2.03. The van der Waals surface area contributed by atoms with Gasteiger partial charge in [0.1, 0.15) is 5.82 Å². The number of amides is 1. The zero-order chi connectivity index (χ0) is 17.2. The van der Waals surface area contributed by atoms with Crippen molar-refractivity contribution in [2.24, 2.45) is 12.5 Å². The molecule has 2 aliphatic rings. The van der Waals surface area contributed by atoms with Crippen molar-refractivity contribution >= 4 is 5.91 Å². The van der Waals surface area contributed by atoms with E-state index < -0.39 is 0 Å². The van der Waals surface area contributed by atoms with Crippen LogP contribution in [0.2, 0.25) is 0 Å². The number of piperidine rings is 1. The van der Waals surface area contributed by atoms with E-state index in [0.29, 0.717) is 18.0 Å². The molecule has 6 nitrogen and oxygen atoms in total. The van der Waals surface area contributed by atoms with Crippen LogP contribution in [0, 0.1) is 5.41 Å². The van der Waals surface area contributed by atoms with Crippen LogP contribution in [0.4, 0.5) is 0 Å². The van der Waals surface area contributed by atoms with Gasteiger partial charge in [0, 0.05) is 38.6 Å². The van der Waals surface area contributed by atoms with Crippen molar-refractivity contribution in [1.82, 2.24) is 24.7 Å². The van der Waals surface area contributed by atoms with Gasteiger partial charge >= 0.3 is 0 Å². The number of nitrogens with one attached hydrogen (secondary N) is 1. The van der Waals surface area contributed by atoms with Crippen molar-refractivity contribution in [2.45, 2.75) is 45.7 Å². The second-order valence-electron chi connectivity index (χ2n) is 7.26. The number of imidazole rings is 1. The maximum absolute atomic E-state index is 12.7. The van der Waals surface area contributed by atoms with E-state index in [1.807, 2.05) is 24.3 Å². The molecule has 1 unspecified atom stereocenters. The molecule has 1 aromatic heterocycles. The van der Waals surface area contributed by atoms with E-state index in [-0.39, 0.29) is 5.91 Å². The second-order valence-corrected chi connectivity index (χ2v) is 7.26. The molecule has 134 valence electrons. The molecule has 1 saturated carbocycles. The first-order valence-electron chi connectivity index (χ1n) is 9.28. The Balaban J connectivity index is 1.72. The Morgan fingerprint density at radius 3 is 2.67 bits per heavy atom. The highest BCUT2D eigenvalue weighted by atomic mass is 16.2. The average molecular weight is 333 g/mol. The highest BCUT2D eigenvalue weighted by Gasteiger charge is 2.56. The van der Waals surface area contributed by atoms with Crippen LogP contribution >= 0.6 is 0 Å². The summed E-state index contributed by atoms with van der Waals surface area (Å²) in [5, 5.41) is 3.46. The number of carbonyl (C=O) groups excluding carboxylic acids is 1. The van der Waals surface area contributed by atoms with E-state index in [1.54, 1.807) is 0 Å². The average Bonchev–Trinajstić information content (AvgIpc) is 3.11. The number of likely N-dealkylation sites (N-methyl/N-ethyl adjacent to an activating group) is 1. The van der Waals surface area contributed by atoms with Crippen LogP contribution in [-0.2, 0) is 18.4 Å². The third kappa shape index (κ3) is 3.49. The molecule has 1 amide bonds. The third-order valence-corrected chi connectivity index (χ3v) is 5.91. The quantitative estimate of drug-likeness (QED) is 0.815. The maximum Gasteiger partial charge on any atom is 0.236 e. The van der Waals surface area contributed by atoms with Gasteiger partial charge in [0.2, 0.25) is 5.91 Å². The lowest BCUT2D eigenvalue weighted by atomic mass is 9.93. The van der Waals surface area contributed by atoms with Crippen molar-refractivity contribution in [3.05, 3.63) is 18.2 Å². The monoisotopic (exact) mass is 333 g/mol. The summed E-state index contributed by atoms with van der Waals surface area (Å²) < 4.78 is 2.06. The minimum atomic E-state index is 0.241. The fourth-order valence-corrected chi connectivity index (χ4v) is 4.16. The molecule has 6 heteroatoms. The van der Waals surface area contributed by atoms with Gasteiger partial charge in [-0.3, -0.25) is 9.69 Å². The highest BCUT2D eigenvalue weighted by molar-refractivity contribution is 5.78. The number of nitrogens with zero attached hydrogens (tertiary/aromatic N) is 4. The van der Waals surface area contributed by atoms with Gasteiger partial charge in [0.05, 0.1) is 13.1 Å². The molecule has 3 rings (SSSR count). The number of aromatic nitrogens is 2. The fraction of sp³-hybridized carbons (Fsp3) is 0.778. The molecule has 2 heterocycles. The van der Waals surface area contributed by atoms with Gasteiger partial charge in [-0.15, -0.1) is 0 Å². The molecular weight excluding hydrogens is 302 g/mol. The number of aryl methyl sites for hydroxylation is 1. The smallest absolute Gasteiger partial charge is 0.236 e. The third-order valence-electron chi connectivity index (χ3n) is 5.91. The van der Waals surface area contributed by atoms with Gasteiger partial charge in [0.15, 0.2) is 0 Å². The standard InChI is InChI=1S/C18H31N5O/c1-4-22(5-2)17(24)14-23(13-16-20-10-11-21(16)3)15-12-18(15)6-8-19-9-7-18/h10-11,15,19H,4-9,12-14H2,1-3H3. The molecule has 0 aromatic carbocycles. The Hall–Kier alpha value is -1.40. The van der Waals surface area contributed by atoms with Crippen LogP contribution in [0.1, 0.15) is 38.9 Å². The minimum Gasteiger partial charge on any atom is -0.342 e. The van der Waals surface area contributed by atoms with Gasteiger partial charge < -0.3 is 14.8 Å². The summed E-state index contributed by atoms with van der Waals surface area (Å²) in [6.45, 7) is 9.15. The second kappa shape index (κ2) is 7.23. The van der Waals surface area contributed by atoms with Crippen molar-refractivity contribution < 1.29 is 4.79 Å². The first-order valence-corrected chi connectivity index (χ1v) is 9.28. The SMILES string of the molecule is CCN(CC)C(=O)CN(Cc1nccn1C)C1CC12CCNCC2. The molecule has 1 atom stereocenters. The molecule has 1 aliphatic carbocycles. The normalized spacial score (nSPS) is 22.1. The topological polar surface area (TPSA) is 53.4 Å². The zero-order valence-corrected chi connectivity index (χ0v) is 15.3. The Labute approximate surface area is 145 Å². The van der Waals surface area contributed by atoms with E-state index in [2.05, 4.69) is 33.6 Å². The van der Waals surface area contributed by atoms with Crippen molar-refractivity contribution in [3.63, 3.8) is 0 Å². The fourth-order valence-electron chi connectivity index (χ4n) is 4.16. The molecule has 0 radical (unpaired) electrons. The van der Waals surface area contributed by atoms with Crippen LogP contribution in [0.15, 0.2) is 12.4 Å². The van der Waals surface area contributed by atoms with E-state index in [4.69, 9.17) is 0 Å².